The molecule has 1 amide bonds. The molecule has 0 aliphatic carbocycles. The SMILES string of the molecule is C#CC(C)(C)NC(=O)c1ccc2c(c1)CNC2. The van der Waals surface area contributed by atoms with Gasteiger partial charge in [-0.3, -0.25) is 4.79 Å². The molecule has 1 aliphatic heterocycles. The van der Waals surface area contributed by atoms with E-state index in [2.05, 4.69) is 16.6 Å². The van der Waals surface area contributed by atoms with Crippen molar-refractivity contribution < 1.29 is 4.79 Å². The number of benzene rings is 1. The lowest BCUT2D eigenvalue weighted by molar-refractivity contribution is 0.0930. The van der Waals surface area contributed by atoms with Crippen LogP contribution < -0.4 is 10.6 Å². The molecule has 2 N–H and O–H groups in total. The summed E-state index contributed by atoms with van der Waals surface area (Å²) in [6.45, 7) is 5.32. The Kier molecular flexibility index (Phi) is 2.91. The first-order chi connectivity index (χ1) is 8.02. The highest BCUT2D eigenvalue weighted by atomic mass is 16.1. The number of carbonyl (C=O) groups is 1. The van der Waals surface area contributed by atoms with Crippen LogP contribution in [0.4, 0.5) is 0 Å². The van der Waals surface area contributed by atoms with Gasteiger partial charge in [0.05, 0.1) is 5.54 Å². The molecule has 1 heterocycles. The zero-order valence-electron chi connectivity index (χ0n) is 10.1. The van der Waals surface area contributed by atoms with Gasteiger partial charge in [-0.1, -0.05) is 12.0 Å². The van der Waals surface area contributed by atoms with Crippen molar-refractivity contribution in [1.29, 1.82) is 0 Å². The van der Waals surface area contributed by atoms with Crippen molar-refractivity contribution in [1.82, 2.24) is 10.6 Å². The fourth-order valence-electron chi connectivity index (χ4n) is 1.83. The monoisotopic (exact) mass is 228 g/mol. The fourth-order valence-corrected chi connectivity index (χ4v) is 1.83. The minimum absolute atomic E-state index is 0.123. The van der Waals surface area contributed by atoms with Crippen molar-refractivity contribution in [3.05, 3.63) is 34.9 Å². The maximum Gasteiger partial charge on any atom is 0.252 e. The molecule has 1 aromatic rings. The van der Waals surface area contributed by atoms with Crippen LogP contribution in [0, 0.1) is 12.3 Å². The number of hydrogen-bond donors (Lipinski definition) is 2. The second-order valence-electron chi connectivity index (χ2n) is 4.81. The highest BCUT2D eigenvalue weighted by Crippen LogP contribution is 2.17. The summed E-state index contributed by atoms with van der Waals surface area (Å²) in [6.07, 6.45) is 5.35. The summed E-state index contributed by atoms with van der Waals surface area (Å²) in [6, 6.07) is 5.76. The van der Waals surface area contributed by atoms with Crippen molar-refractivity contribution in [3.63, 3.8) is 0 Å². The molecule has 0 saturated heterocycles. The molecule has 1 aliphatic rings. The molecular formula is C14H16N2O. The molecule has 0 bridgehead atoms. The van der Waals surface area contributed by atoms with Crippen molar-refractivity contribution in [2.45, 2.75) is 32.5 Å². The molecule has 3 nitrogen and oxygen atoms in total. The third-order valence-corrected chi connectivity index (χ3v) is 2.89. The maximum atomic E-state index is 12.0. The van der Waals surface area contributed by atoms with E-state index in [1.165, 1.54) is 11.1 Å². The number of carbonyl (C=O) groups excluding carboxylic acids is 1. The van der Waals surface area contributed by atoms with Gasteiger partial charge >= 0.3 is 0 Å². The lowest BCUT2D eigenvalue weighted by Crippen LogP contribution is -2.42. The smallest absolute Gasteiger partial charge is 0.252 e. The van der Waals surface area contributed by atoms with E-state index in [0.29, 0.717) is 5.56 Å². The number of nitrogens with one attached hydrogen (secondary N) is 2. The molecule has 3 heteroatoms. The summed E-state index contributed by atoms with van der Waals surface area (Å²) in [5.74, 6) is 2.43. The Morgan fingerprint density at radius 3 is 2.82 bits per heavy atom. The minimum atomic E-state index is -0.617. The van der Waals surface area contributed by atoms with E-state index in [-0.39, 0.29) is 5.91 Å². The van der Waals surface area contributed by atoms with Crippen LogP contribution in [0.25, 0.3) is 0 Å². The van der Waals surface area contributed by atoms with Gasteiger partial charge in [0, 0.05) is 18.7 Å². The second-order valence-corrected chi connectivity index (χ2v) is 4.81. The van der Waals surface area contributed by atoms with Gasteiger partial charge < -0.3 is 10.6 Å². The summed E-state index contributed by atoms with van der Waals surface area (Å²) in [4.78, 5) is 12.0. The largest absolute Gasteiger partial charge is 0.336 e. The first-order valence-corrected chi connectivity index (χ1v) is 5.65. The van der Waals surface area contributed by atoms with E-state index < -0.39 is 5.54 Å². The molecule has 88 valence electrons. The Bertz CT molecular complexity index is 497. The zero-order valence-corrected chi connectivity index (χ0v) is 10.1. The molecular weight excluding hydrogens is 212 g/mol. The average molecular weight is 228 g/mol. The van der Waals surface area contributed by atoms with E-state index in [1.807, 2.05) is 18.2 Å². The molecule has 17 heavy (non-hydrogen) atoms. The predicted molar refractivity (Wildman–Crippen MR) is 67.4 cm³/mol. The highest BCUT2D eigenvalue weighted by molar-refractivity contribution is 5.95. The van der Waals surface area contributed by atoms with Crippen LogP contribution in [0.1, 0.15) is 35.3 Å². The van der Waals surface area contributed by atoms with Gasteiger partial charge in [0.25, 0.3) is 5.91 Å². The van der Waals surface area contributed by atoms with Crippen LogP contribution in [0.5, 0.6) is 0 Å². The second kappa shape index (κ2) is 4.23. The Morgan fingerprint density at radius 2 is 2.12 bits per heavy atom. The van der Waals surface area contributed by atoms with Crippen molar-refractivity contribution in [3.8, 4) is 12.3 Å². The van der Waals surface area contributed by atoms with Crippen molar-refractivity contribution in [2.75, 3.05) is 0 Å². The van der Waals surface area contributed by atoms with Crippen LogP contribution in [0.2, 0.25) is 0 Å². The summed E-state index contributed by atoms with van der Waals surface area (Å²) >= 11 is 0. The molecule has 2 rings (SSSR count). The van der Waals surface area contributed by atoms with Crippen molar-refractivity contribution >= 4 is 5.91 Å². The summed E-state index contributed by atoms with van der Waals surface area (Å²) < 4.78 is 0. The standard InChI is InChI=1S/C14H16N2O/c1-4-14(2,3)16-13(17)10-5-6-11-8-15-9-12(11)7-10/h1,5-7,15H,8-9H2,2-3H3,(H,16,17). The Morgan fingerprint density at radius 1 is 1.41 bits per heavy atom. The van der Waals surface area contributed by atoms with Gasteiger partial charge in [-0.05, 0) is 37.1 Å². The number of terminal acetylenes is 1. The van der Waals surface area contributed by atoms with Crippen LogP contribution in [-0.2, 0) is 13.1 Å². The average Bonchev–Trinajstić information content (AvgIpc) is 2.75. The molecule has 0 atom stereocenters. The lowest BCUT2D eigenvalue weighted by Gasteiger charge is -2.19. The van der Waals surface area contributed by atoms with Gasteiger partial charge in [-0.15, -0.1) is 6.42 Å². The molecule has 1 aromatic carbocycles. The van der Waals surface area contributed by atoms with Gasteiger partial charge in [0.15, 0.2) is 0 Å². The van der Waals surface area contributed by atoms with Gasteiger partial charge in [-0.25, -0.2) is 0 Å². The van der Waals surface area contributed by atoms with Crippen LogP contribution >= 0.6 is 0 Å². The topological polar surface area (TPSA) is 41.1 Å². The van der Waals surface area contributed by atoms with Crippen LogP contribution in [0.3, 0.4) is 0 Å². The van der Waals surface area contributed by atoms with Crippen molar-refractivity contribution in [2.24, 2.45) is 0 Å². The Balaban J connectivity index is 2.19. The summed E-state index contributed by atoms with van der Waals surface area (Å²) in [5, 5.41) is 6.07. The number of rotatable bonds is 2. The number of amides is 1. The highest BCUT2D eigenvalue weighted by Gasteiger charge is 2.19. The summed E-state index contributed by atoms with van der Waals surface area (Å²) in [5.41, 5.74) is 2.50. The molecule has 0 saturated carbocycles. The minimum Gasteiger partial charge on any atom is -0.336 e. The predicted octanol–water partition coefficient (Wildman–Crippen LogP) is 1.43. The molecule has 0 aromatic heterocycles. The number of hydrogen-bond acceptors (Lipinski definition) is 2. The van der Waals surface area contributed by atoms with E-state index in [0.717, 1.165) is 13.1 Å². The molecule has 0 fully saturated rings. The first kappa shape index (κ1) is 11.7. The fraction of sp³-hybridized carbons (Fsp3) is 0.357. The van der Waals surface area contributed by atoms with Gasteiger partial charge in [0.2, 0.25) is 0 Å². The normalized spacial score (nSPS) is 13.9. The quantitative estimate of drug-likeness (QED) is 0.752. The van der Waals surface area contributed by atoms with Gasteiger partial charge in [0.1, 0.15) is 0 Å². The zero-order chi connectivity index (χ0) is 12.5. The third kappa shape index (κ3) is 2.48. The molecule has 0 radical (unpaired) electrons. The molecule has 0 unspecified atom stereocenters. The molecule has 0 spiro atoms. The Hall–Kier alpha value is -1.79. The summed E-state index contributed by atoms with van der Waals surface area (Å²) in [7, 11) is 0. The van der Waals surface area contributed by atoms with Crippen LogP contribution in [-0.4, -0.2) is 11.4 Å². The van der Waals surface area contributed by atoms with E-state index >= 15 is 0 Å². The Labute approximate surface area is 102 Å². The van der Waals surface area contributed by atoms with Gasteiger partial charge in [-0.2, -0.15) is 0 Å². The number of fused-ring (bicyclic) bond motifs is 1. The first-order valence-electron chi connectivity index (χ1n) is 5.65. The van der Waals surface area contributed by atoms with E-state index in [1.54, 1.807) is 13.8 Å². The van der Waals surface area contributed by atoms with E-state index in [9.17, 15) is 4.79 Å². The third-order valence-electron chi connectivity index (χ3n) is 2.89. The van der Waals surface area contributed by atoms with Crippen LogP contribution in [0.15, 0.2) is 18.2 Å². The lowest BCUT2D eigenvalue weighted by atomic mass is 10.0. The maximum absolute atomic E-state index is 12.0. The van der Waals surface area contributed by atoms with E-state index in [4.69, 9.17) is 6.42 Å².